The van der Waals surface area contributed by atoms with Gasteiger partial charge in [-0.05, 0) is 30.3 Å². The summed E-state index contributed by atoms with van der Waals surface area (Å²) in [5.74, 6) is 1.85. The highest BCUT2D eigenvalue weighted by Crippen LogP contribution is 2.37. The fourth-order valence-electron chi connectivity index (χ4n) is 2.16. The Bertz CT molecular complexity index is 730. The van der Waals surface area contributed by atoms with Crippen LogP contribution in [0.25, 0.3) is 11.0 Å². The Morgan fingerprint density at radius 1 is 1.00 bits per heavy atom. The number of ether oxygens (including phenoxy) is 3. The molecular formula is C16H16N2O3. The van der Waals surface area contributed by atoms with Gasteiger partial charge in [0, 0.05) is 11.6 Å². The van der Waals surface area contributed by atoms with E-state index in [-0.39, 0.29) is 0 Å². The highest BCUT2D eigenvalue weighted by atomic mass is 16.5. The maximum atomic E-state index is 5.84. The second-order valence-corrected chi connectivity index (χ2v) is 4.50. The van der Waals surface area contributed by atoms with Crippen molar-refractivity contribution in [3.8, 4) is 17.2 Å². The van der Waals surface area contributed by atoms with Gasteiger partial charge in [0.1, 0.15) is 12.3 Å². The van der Waals surface area contributed by atoms with Crippen LogP contribution in [0, 0.1) is 0 Å². The van der Waals surface area contributed by atoms with E-state index in [9.17, 15) is 0 Å². The lowest BCUT2D eigenvalue weighted by atomic mass is 10.3. The molecule has 1 N–H and O–H groups in total. The second-order valence-electron chi connectivity index (χ2n) is 4.50. The van der Waals surface area contributed by atoms with Gasteiger partial charge < -0.3 is 19.2 Å². The largest absolute Gasteiger partial charge is 0.493 e. The van der Waals surface area contributed by atoms with Crippen molar-refractivity contribution in [2.24, 2.45) is 0 Å². The van der Waals surface area contributed by atoms with Crippen LogP contribution < -0.4 is 14.2 Å². The van der Waals surface area contributed by atoms with Crippen molar-refractivity contribution in [3.63, 3.8) is 0 Å². The first-order chi connectivity index (χ1) is 10.3. The van der Waals surface area contributed by atoms with Crippen molar-refractivity contribution in [3.05, 3.63) is 48.3 Å². The normalized spacial score (nSPS) is 10.6. The highest BCUT2D eigenvalue weighted by molar-refractivity contribution is 5.75. The molecule has 0 aliphatic heterocycles. The number of benzene rings is 1. The van der Waals surface area contributed by atoms with Gasteiger partial charge in [0.25, 0.3) is 0 Å². The minimum absolute atomic E-state index is 0.339. The topological polar surface area (TPSA) is 56.4 Å². The average Bonchev–Trinajstić information content (AvgIpc) is 3.00. The van der Waals surface area contributed by atoms with E-state index >= 15 is 0 Å². The number of hydrogen-bond donors (Lipinski definition) is 1. The molecule has 2 aromatic heterocycles. The standard InChI is InChI=1S/C16H16N2O3/c1-19-13-4-3-5-14(20-2)15(13)21-10-12-7-6-11-8-9-17-16(11)18-12/h3-9H,10H2,1-2H3,(H,17,18). The molecule has 0 aliphatic carbocycles. The van der Waals surface area contributed by atoms with Crippen LogP contribution in [0.4, 0.5) is 0 Å². The molecule has 0 saturated carbocycles. The number of H-pyrrole nitrogens is 1. The molecule has 0 atom stereocenters. The van der Waals surface area contributed by atoms with Gasteiger partial charge in [-0.25, -0.2) is 4.98 Å². The second kappa shape index (κ2) is 5.75. The molecule has 5 heteroatoms. The first-order valence-corrected chi connectivity index (χ1v) is 6.58. The van der Waals surface area contributed by atoms with Crippen molar-refractivity contribution in [2.45, 2.75) is 6.61 Å². The zero-order valence-electron chi connectivity index (χ0n) is 11.9. The van der Waals surface area contributed by atoms with Crippen molar-refractivity contribution < 1.29 is 14.2 Å². The number of methoxy groups -OCH3 is 2. The fraction of sp³-hybridized carbons (Fsp3) is 0.188. The lowest BCUT2D eigenvalue weighted by Crippen LogP contribution is -2.01. The minimum atomic E-state index is 0.339. The highest BCUT2D eigenvalue weighted by Gasteiger charge is 2.11. The van der Waals surface area contributed by atoms with E-state index in [1.165, 1.54) is 0 Å². The molecule has 2 heterocycles. The van der Waals surface area contributed by atoms with E-state index < -0.39 is 0 Å². The fourth-order valence-corrected chi connectivity index (χ4v) is 2.16. The Hall–Kier alpha value is -2.69. The lowest BCUT2D eigenvalue weighted by molar-refractivity contribution is 0.263. The smallest absolute Gasteiger partial charge is 0.203 e. The first-order valence-electron chi connectivity index (χ1n) is 6.58. The Morgan fingerprint density at radius 3 is 2.48 bits per heavy atom. The third-order valence-electron chi connectivity index (χ3n) is 3.21. The summed E-state index contributed by atoms with van der Waals surface area (Å²) in [5.41, 5.74) is 1.68. The van der Waals surface area contributed by atoms with Crippen LogP contribution in [0.2, 0.25) is 0 Å². The van der Waals surface area contributed by atoms with Gasteiger partial charge in [-0.2, -0.15) is 0 Å². The molecule has 0 amide bonds. The number of pyridine rings is 1. The zero-order valence-corrected chi connectivity index (χ0v) is 11.9. The van der Waals surface area contributed by atoms with Crippen LogP contribution in [0.1, 0.15) is 5.69 Å². The number of aromatic amines is 1. The summed E-state index contributed by atoms with van der Waals surface area (Å²) in [6, 6.07) is 11.5. The monoisotopic (exact) mass is 284 g/mol. The molecule has 0 unspecified atom stereocenters. The quantitative estimate of drug-likeness (QED) is 0.782. The number of nitrogens with zero attached hydrogens (tertiary/aromatic N) is 1. The van der Waals surface area contributed by atoms with Crippen LogP contribution in [0.5, 0.6) is 17.2 Å². The molecule has 3 rings (SSSR count). The average molecular weight is 284 g/mol. The summed E-state index contributed by atoms with van der Waals surface area (Å²) in [7, 11) is 3.20. The molecule has 0 radical (unpaired) electrons. The third kappa shape index (κ3) is 2.63. The van der Waals surface area contributed by atoms with Gasteiger partial charge in [0.15, 0.2) is 11.5 Å². The summed E-state index contributed by atoms with van der Waals surface area (Å²) < 4.78 is 16.4. The van der Waals surface area contributed by atoms with Crippen LogP contribution in [0.15, 0.2) is 42.6 Å². The van der Waals surface area contributed by atoms with Crippen LogP contribution in [-0.4, -0.2) is 24.2 Å². The lowest BCUT2D eigenvalue weighted by Gasteiger charge is -2.13. The van der Waals surface area contributed by atoms with E-state index in [0.717, 1.165) is 16.7 Å². The van der Waals surface area contributed by atoms with Crippen molar-refractivity contribution >= 4 is 11.0 Å². The first kappa shape index (κ1) is 13.3. The predicted molar refractivity (Wildman–Crippen MR) is 80.0 cm³/mol. The summed E-state index contributed by atoms with van der Waals surface area (Å²) in [4.78, 5) is 7.59. The van der Waals surface area contributed by atoms with Crippen molar-refractivity contribution in [1.29, 1.82) is 0 Å². The van der Waals surface area contributed by atoms with Gasteiger partial charge in [-0.1, -0.05) is 6.07 Å². The zero-order chi connectivity index (χ0) is 14.7. The molecule has 0 saturated heterocycles. The molecule has 0 spiro atoms. The van der Waals surface area contributed by atoms with E-state index in [4.69, 9.17) is 14.2 Å². The SMILES string of the molecule is COc1cccc(OC)c1OCc1ccc2cc[nH]c2n1. The molecule has 0 bridgehead atoms. The van der Waals surface area contributed by atoms with Crippen molar-refractivity contribution in [1.82, 2.24) is 9.97 Å². The molecule has 0 aliphatic rings. The van der Waals surface area contributed by atoms with Crippen molar-refractivity contribution in [2.75, 3.05) is 14.2 Å². The number of nitrogens with one attached hydrogen (secondary N) is 1. The van der Waals surface area contributed by atoms with E-state index in [2.05, 4.69) is 9.97 Å². The molecular weight excluding hydrogens is 268 g/mol. The number of para-hydroxylation sites is 1. The van der Waals surface area contributed by atoms with Gasteiger partial charge in [0.2, 0.25) is 5.75 Å². The number of aromatic nitrogens is 2. The molecule has 21 heavy (non-hydrogen) atoms. The number of hydrogen-bond acceptors (Lipinski definition) is 4. The molecule has 5 nitrogen and oxygen atoms in total. The Kier molecular flexibility index (Phi) is 3.64. The number of fused-ring (bicyclic) bond motifs is 1. The Morgan fingerprint density at radius 2 is 1.76 bits per heavy atom. The van der Waals surface area contributed by atoms with Gasteiger partial charge >= 0.3 is 0 Å². The molecule has 3 aromatic rings. The van der Waals surface area contributed by atoms with Crippen LogP contribution in [-0.2, 0) is 6.61 Å². The third-order valence-corrected chi connectivity index (χ3v) is 3.21. The van der Waals surface area contributed by atoms with E-state index in [0.29, 0.717) is 23.9 Å². The van der Waals surface area contributed by atoms with Gasteiger partial charge in [-0.3, -0.25) is 0 Å². The Balaban J connectivity index is 1.83. The summed E-state index contributed by atoms with van der Waals surface area (Å²) >= 11 is 0. The maximum Gasteiger partial charge on any atom is 0.203 e. The summed E-state index contributed by atoms with van der Waals surface area (Å²) in [6.07, 6.45) is 1.87. The Labute approximate surface area is 122 Å². The number of rotatable bonds is 5. The van der Waals surface area contributed by atoms with E-state index in [1.54, 1.807) is 14.2 Å². The maximum absolute atomic E-state index is 5.84. The minimum Gasteiger partial charge on any atom is -0.493 e. The predicted octanol–water partition coefficient (Wildman–Crippen LogP) is 3.16. The molecule has 1 aromatic carbocycles. The molecule has 108 valence electrons. The van der Waals surface area contributed by atoms with Crippen LogP contribution in [0.3, 0.4) is 0 Å². The summed E-state index contributed by atoms with van der Waals surface area (Å²) in [5, 5.41) is 1.08. The van der Waals surface area contributed by atoms with Gasteiger partial charge in [0.05, 0.1) is 19.9 Å². The van der Waals surface area contributed by atoms with E-state index in [1.807, 2.05) is 42.6 Å². The molecule has 0 fully saturated rings. The van der Waals surface area contributed by atoms with Crippen LogP contribution >= 0.6 is 0 Å². The van der Waals surface area contributed by atoms with Gasteiger partial charge in [-0.15, -0.1) is 0 Å². The summed E-state index contributed by atoms with van der Waals surface area (Å²) in [6.45, 7) is 0.339.